The van der Waals surface area contributed by atoms with E-state index in [0.29, 0.717) is 37.3 Å². The lowest BCUT2D eigenvalue weighted by Gasteiger charge is -2.35. The van der Waals surface area contributed by atoms with Gasteiger partial charge in [0.15, 0.2) is 0 Å². The van der Waals surface area contributed by atoms with Crippen molar-refractivity contribution >= 4 is 23.3 Å². The van der Waals surface area contributed by atoms with Crippen LogP contribution in [-0.4, -0.2) is 42.0 Å². The second kappa shape index (κ2) is 7.45. The first-order valence-electron chi connectivity index (χ1n) is 8.06. The number of carbonyl (C=O) groups excluding carboxylic acids is 1. The van der Waals surface area contributed by atoms with Gasteiger partial charge in [0.2, 0.25) is 0 Å². The predicted molar refractivity (Wildman–Crippen MR) is 93.5 cm³/mol. The highest BCUT2D eigenvalue weighted by Gasteiger charge is 2.32. The Morgan fingerprint density at radius 2 is 1.78 bits per heavy atom. The van der Waals surface area contributed by atoms with Crippen LogP contribution >= 0.6 is 11.6 Å². The Hall–Kier alpha value is -2.79. The van der Waals surface area contributed by atoms with Crippen molar-refractivity contribution in [2.24, 2.45) is 0 Å². The molecule has 1 saturated heterocycles. The number of halogens is 4. The van der Waals surface area contributed by atoms with Gasteiger partial charge in [0.1, 0.15) is 5.82 Å². The molecule has 0 spiro atoms. The molecule has 0 radical (unpaired) electrons. The number of carbonyl (C=O) groups is 1. The lowest BCUT2D eigenvalue weighted by atomic mass is 10.1. The molecule has 5 nitrogen and oxygen atoms in total. The highest BCUT2D eigenvalue weighted by molar-refractivity contribution is 6.33. The van der Waals surface area contributed by atoms with Crippen LogP contribution in [0, 0.1) is 11.3 Å². The Bertz CT molecular complexity index is 885. The molecule has 140 valence electrons. The Balaban J connectivity index is 1.66. The molecule has 0 unspecified atom stereocenters. The van der Waals surface area contributed by atoms with Gasteiger partial charge in [-0.1, -0.05) is 11.6 Å². The van der Waals surface area contributed by atoms with Crippen LogP contribution in [0.4, 0.5) is 19.0 Å². The summed E-state index contributed by atoms with van der Waals surface area (Å²) < 4.78 is 38.1. The predicted octanol–water partition coefficient (Wildman–Crippen LogP) is 3.59. The third-order valence-corrected chi connectivity index (χ3v) is 4.55. The first kappa shape index (κ1) is 19.0. The fourth-order valence-electron chi connectivity index (χ4n) is 2.81. The number of nitriles is 1. The Kier molecular flexibility index (Phi) is 5.24. The number of alkyl halides is 3. The molecule has 1 aromatic carbocycles. The van der Waals surface area contributed by atoms with Crippen LogP contribution in [0.1, 0.15) is 21.5 Å². The SMILES string of the molecule is N#Cc1ccc(C(=O)N2CCN(c3ncc(C(F)(F)F)cc3Cl)CC2)cc1. The number of pyridine rings is 1. The van der Waals surface area contributed by atoms with Crippen LogP contribution in [-0.2, 0) is 6.18 Å². The third-order valence-electron chi connectivity index (χ3n) is 4.28. The van der Waals surface area contributed by atoms with Crippen molar-refractivity contribution in [1.29, 1.82) is 5.26 Å². The zero-order valence-corrected chi connectivity index (χ0v) is 14.8. The number of hydrogen-bond donors (Lipinski definition) is 0. The van der Waals surface area contributed by atoms with E-state index in [1.807, 2.05) is 6.07 Å². The van der Waals surface area contributed by atoms with Gasteiger partial charge < -0.3 is 9.80 Å². The van der Waals surface area contributed by atoms with E-state index in [0.717, 1.165) is 12.3 Å². The molecule has 1 aliphatic rings. The average molecular weight is 395 g/mol. The van der Waals surface area contributed by atoms with E-state index in [2.05, 4.69) is 4.98 Å². The van der Waals surface area contributed by atoms with E-state index in [1.165, 1.54) is 0 Å². The Labute approximate surface area is 158 Å². The summed E-state index contributed by atoms with van der Waals surface area (Å²) in [5.41, 5.74) is 0.0541. The zero-order chi connectivity index (χ0) is 19.6. The largest absolute Gasteiger partial charge is 0.417 e. The van der Waals surface area contributed by atoms with Crippen LogP contribution in [0.25, 0.3) is 0 Å². The van der Waals surface area contributed by atoms with E-state index < -0.39 is 11.7 Å². The summed E-state index contributed by atoms with van der Waals surface area (Å²) in [5.74, 6) is 0.112. The molecule has 0 atom stereocenters. The smallest absolute Gasteiger partial charge is 0.352 e. The van der Waals surface area contributed by atoms with Crippen LogP contribution in [0.15, 0.2) is 36.5 Å². The molecule has 0 aliphatic carbocycles. The highest BCUT2D eigenvalue weighted by Crippen LogP contribution is 2.33. The van der Waals surface area contributed by atoms with Crippen molar-refractivity contribution in [3.05, 3.63) is 58.2 Å². The van der Waals surface area contributed by atoms with Gasteiger partial charge >= 0.3 is 6.18 Å². The maximum atomic E-state index is 12.7. The molecule has 1 aliphatic heterocycles. The van der Waals surface area contributed by atoms with E-state index >= 15 is 0 Å². The molecule has 0 bridgehead atoms. The van der Waals surface area contributed by atoms with Crippen LogP contribution in [0.2, 0.25) is 5.02 Å². The summed E-state index contributed by atoms with van der Waals surface area (Å²) in [6.45, 7) is 1.58. The van der Waals surface area contributed by atoms with Gasteiger partial charge in [-0.15, -0.1) is 0 Å². The van der Waals surface area contributed by atoms with Crippen molar-refractivity contribution in [3.63, 3.8) is 0 Å². The van der Waals surface area contributed by atoms with E-state index in [4.69, 9.17) is 16.9 Å². The molecule has 0 saturated carbocycles. The van der Waals surface area contributed by atoms with Gasteiger partial charge in [0.25, 0.3) is 5.91 Å². The number of aromatic nitrogens is 1. The van der Waals surface area contributed by atoms with E-state index in [1.54, 1.807) is 34.1 Å². The van der Waals surface area contributed by atoms with E-state index in [9.17, 15) is 18.0 Å². The molecule has 27 heavy (non-hydrogen) atoms. The maximum Gasteiger partial charge on any atom is 0.417 e. The molecule has 0 N–H and O–H groups in total. The quantitative estimate of drug-likeness (QED) is 0.781. The lowest BCUT2D eigenvalue weighted by Crippen LogP contribution is -2.49. The monoisotopic (exact) mass is 394 g/mol. The summed E-state index contributed by atoms with van der Waals surface area (Å²) >= 11 is 5.98. The number of benzene rings is 1. The van der Waals surface area contributed by atoms with Gasteiger partial charge in [-0.05, 0) is 30.3 Å². The minimum atomic E-state index is -4.50. The standard InChI is InChI=1S/C18H14ClF3N4O/c19-15-9-14(18(20,21)22)11-24-16(15)25-5-7-26(8-6-25)17(27)13-3-1-12(10-23)2-4-13/h1-4,9,11H,5-8H2. The number of hydrogen-bond acceptors (Lipinski definition) is 4. The molecule has 1 fully saturated rings. The number of piperazine rings is 1. The molecule has 9 heteroatoms. The number of rotatable bonds is 2. The number of nitrogens with zero attached hydrogens (tertiary/aromatic N) is 4. The second-order valence-corrected chi connectivity index (χ2v) is 6.40. The van der Waals surface area contributed by atoms with Gasteiger partial charge in [0.05, 0.1) is 22.2 Å². The highest BCUT2D eigenvalue weighted by atomic mass is 35.5. The summed E-state index contributed by atoms with van der Waals surface area (Å²) in [7, 11) is 0. The van der Waals surface area contributed by atoms with E-state index in [-0.39, 0.29) is 16.7 Å². The van der Waals surface area contributed by atoms with Crippen molar-refractivity contribution in [3.8, 4) is 6.07 Å². The molecular weight excluding hydrogens is 381 g/mol. The molecule has 3 rings (SSSR count). The fourth-order valence-corrected chi connectivity index (χ4v) is 3.10. The third kappa shape index (κ3) is 4.14. The summed E-state index contributed by atoms with van der Waals surface area (Å²) in [6.07, 6.45) is -3.74. The first-order valence-corrected chi connectivity index (χ1v) is 8.44. The molecule has 2 heterocycles. The molecule has 1 aromatic heterocycles. The van der Waals surface area contributed by atoms with Gasteiger partial charge in [0, 0.05) is 37.9 Å². The van der Waals surface area contributed by atoms with Gasteiger partial charge in [-0.2, -0.15) is 18.4 Å². The lowest BCUT2D eigenvalue weighted by molar-refractivity contribution is -0.137. The summed E-state index contributed by atoms with van der Waals surface area (Å²) in [4.78, 5) is 19.8. The zero-order valence-electron chi connectivity index (χ0n) is 14.0. The van der Waals surface area contributed by atoms with Crippen molar-refractivity contribution < 1.29 is 18.0 Å². The maximum absolute atomic E-state index is 12.7. The minimum absolute atomic E-state index is 0.0725. The minimum Gasteiger partial charge on any atom is -0.352 e. The molecular formula is C18H14ClF3N4O. The normalized spacial score (nSPS) is 14.8. The Morgan fingerprint density at radius 3 is 2.30 bits per heavy atom. The Morgan fingerprint density at radius 1 is 1.15 bits per heavy atom. The van der Waals surface area contributed by atoms with Crippen molar-refractivity contribution in [2.45, 2.75) is 6.18 Å². The average Bonchev–Trinajstić information content (AvgIpc) is 2.67. The number of anilines is 1. The second-order valence-electron chi connectivity index (χ2n) is 6.00. The van der Waals surface area contributed by atoms with Crippen LogP contribution < -0.4 is 4.90 Å². The van der Waals surface area contributed by atoms with Gasteiger partial charge in [-0.25, -0.2) is 4.98 Å². The summed E-state index contributed by atoms with van der Waals surface area (Å²) in [5, 5.41) is 8.73. The van der Waals surface area contributed by atoms with Gasteiger partial charge in [-0.3, -0.25) is 4.79 Å². The van der Waals surface area contributed by atoms with Crippen LogP contribution in [0.3, 0.4) is 0 Å². The molecule has 2 aromatic rings. The first-order chi connectivity index (χ1) is 12.8. The van der Waals surface area contributed by atoms with Crippen LogP contribution in [0.5, 0.6) is 0 Å². The summed E-state index contributed by atoms with van der Waals surface area (Å²) in [6, 6.07) is 9.21. The van der Waals surface area contributed by atoms with Crippen molar-refractivity contribution in [1.82, 2.24) is 9.88 Å². The number of amides is 1. The van der Waals surface area contributed by atoms with Crippen molar-refractivity contribution in [2.75, 3.05) is 31.1 Å². The molecule has 1 amide bonds. The topological polar surface area (TPSA) is 60.2 Å². The fraction of sp³-hybridized carbons (Fsp3) is 0.278.